The normalized spacial score (nSPS) is 13.2. The van der Waals surface area contributed by atoms with Crippen LogP contribution in [0.3, 0.4) is 0 Å². The number of nitro benzene ring substituents is 1. The topological polar surface area (TPSA) is 106 Å². The Morgan fingerprint density at radius 3 is 2.77 bits per heavy atom. The van der Waals surface area contributed by atoms with Gasteiger partial charge in [0.2, 0.25) is 0 Å². The van der Waals surface area contributed by atoms with Crippen LogP contribution in [0.2, 0.25) is 5.02 Å². The van der Waals surface area contributed by atoms with Crippen molar-refractivity contribution < 1.29 is 19.2 Å². The number of nitrogens with one attached hydrogen (secondary N) is 1. The fourth-order valence-electron chi connectivity index (χ4n) is 2.43. The summed E-state index contributed by atoms with van der Waals surface area (Å²) in [6.07, 6.45) is 1.42. The van der Waals surface area contributed by atoms with Gasteiger partial charge in [0.1, 0.15) is 5.76 Å². The first kappa shape index (κ1) is 18.1. The van der Waals surface area contributed by atoms with Crippen molar-refractivity contribution in [1.82, 2.24) is 5.32 Å². The number of halogens is 1. The zero-order valence-electron chi connectivity index (χ0n) is 13.2. The van der Waals surface area contributed by atoms with Crippen molar-refractivity contribution in [1.29, 1.82) is 0 Å². The first-order chi connectivity index (χ1) is 12.4. The first-order valence-corrected chi connectivity index (χ1v) is 8.70. The van der Waals surface area contributed by atoms with Gasteiger partial charge in [0.05, 0.1) is 28.3 Å². The maximum Gasteiger partial charge on any atom is 0.270 e. The van der Waals surface area contributed by atoms with E-state index in [1.54, 1.807) is 29.6 Å². The SMILES string of the molecule is O=C(NCC(O)(c1ccco1)c1cccs1)c1cc([N+](=O)[O-])ccc1Cl. The number of carbonyl (C=O) groups is 1. The minimum absolute atomic E-state index is 0.0474. The molecule has 3 rings (SSSR count). The van der Waals surface area contributed by atoms with Gasteiger partial charge in [-0.1, -0.05) is 17.7 Å². The second kappa shape index (κ2) is 7.28. The quantitative estimate of drug-likeness (QED) is 0.492. The third-order valence-corrected chi connectivity index (χ3v) is 5.12. The van der Waals surface area contributed by atoms with Crippen LogP contribution < -0.4 is 5.32 Å². The van der Waals surface area contributed by atoms with Crippen molar-refractivity contribution in [2.75, 3.05) is 6.54 Å². The number of nitro groups is 1. The van der Waals surface area contributed by atoms with E-state index in [0.717, 1.165) is 6.07 Å². The van der Waals surface area contributed by atoms with Crippen LogP contribution in [-0.4, -0.2) is 22.5 Å². The second-order valence-electron chi connectivity index (χ2n) is 5.42. The third kappa shape index (κ3) is 3.48. The molecular weight excluding hydrogens is 380 g/mol. The molecule has 7 nitrogen and oxygen atoms in total. The van der Waals surface area contributed by atoms with E-state index < -0.39 is 16.4 Å². The van der Waals surface area contributed by atoms with Crippen LogP contribution >= 0.6 is 22.9 Å². The molecule has 0 spiro atoms. The molecular formula is C17H13ClN2O5S. The number of hydrogen-bond acceptors (Lipinski definition) is 6. The number of amides is 1. The molecule has 9 heteroatoms. The summed E-state index contributed by atoms with van der Waals surface area (Å²) in [4.78, 5) is 23.3. The minimum atomic E-state index is -1.57. The van der Waals surface area contributed by atoms with Crippen LogP contribution in [0.25, 0.3) is 0 Å². The van der Waals surface area contributed by atoms with Gasteiger partial charge in [-0.05, 0) is 29.6 Å². The number of furan rings is 1. The zero-order chi connectivity index (χ0) is 18.7. The highest BCUT2D eigenvalue weighted by molar-refractivity contribution is 7.10. The van der Waals surface area contributed by atoms with E-state index in [1.807, 2.05) is 0 Å². The summed E-state index contributed by atoms with van der Waals surface area (Å²) in [5, 5.41) is 26.4. The van der Waals surface area contributed by atoms with E-state index >= 15 is 0 Å². The lowest BCUT2D eigenvalue weighted by molar-refractivity contribution is -0.384. The Hall–Kier alpha value is -2.68. The van der Waals surface area contributed by atoms with Crippen LogP contribution in [0.4, 0.5) is 5.69 Å². The van der Waals surface area contributed by atoms with Gasteiger partial charge < -0.3 is 14.8 Å². The lowest BCUT2D eigenvalue weighted by Crippen LogP contribution is -2.41. The summed E-state index contributed by atoms with van der Waals surface area (Å²) in [6, 6.07) is 10.3. The Kier molecular flexibility index (Phi) is 5.08. The van der Waals surface area contributed by atoms with Crippen LogP contribution in [0.1, 0.15) is 21.0 Å². The molecule has 1 aromatic carbocycles. The average Bonchev–Trinajstić information content (AvgIpc) is 3.33. The van der Waals surface area contributed by atoms with Gasteiger partial charge in [-0.2, -0.15) is 0 Å². The smallest absolute Gasteiger partial charge is 0.270 e. The second-order valence-corrected chi connectivity index (χ2v) is 6.77. The van der Waals surface area contributed by atoms with E-state index in [1.165, 1.54) is 29.7 Å². The minimum Gasteiger partial charge on any atom is -0.466 e. The van der Waals surface area contributed by atoms with Crippen LogP contribution in [-0.2, 0) is 5.60 Å². The van der Waals surface area contributed by atoms with Crippen molar-refractivity contribution in [2.45, 2.75) is 5.60 Å². The molecule has 0 aliphatic carbocycles. The predicted molar refractivity (Wildman–Crippen MR) is 96.5 cm³/mol. The maximum atomic E-state index is 12.5. The molecule has 2 N–H and O–H groups in total. The maximum absolute atomic E-state index is 12.5. The standard InChI is InChI=1S/C17H13ClN2O5S/c18-13-6-5-11(20(23)24)9-12(13)16(21)19-10-17(22,14-3-1-7-25-14)15-4-2-8-26-15/h1-9,22H,10H2,(H,19,21). The number of nitrogens with zero attached hydrogens (tertiary/aromatic N) is 1. The largest absolute Gasteiger partial charge is 0.466 e. The van der Waals surface area contributed by atoms with Crippen LogP contribution in [0.15, 0.2) is 58.5 Å². The van der Waals surface area contributed by atoms with E-state index in [4.69, 9.17) is 16.0 Å². The first-order valence-electron chi connectivity index (χ1n) is 7.44. The summed E-state index contributed by atoms with van der Waals surface area (Å²) in [5.74, 6) is -0.370. The monoisotopic (exact) mass is 392 g/mol. The highest BCUT2D eigenvalue weighted by Crippen LogP contribution is 2.33. The van der Waals surface area contributed by atoms with Gasteiger partial charge in [-0.25, -0.2) is 0 Å². The molecule has 0 fully saturated rings. The summed E-state index contributed by atoms with van der Waals surface area (Å²) in [6.45, 7) is -0.196. The number of non-ortho nitro benzene ring substituents is 1. The van der Waals surface area contributed by atoms with Gasteiger partial charge in [0.25, 0.3) is 11.6 Å². The molecule has 134 valence electrons. The third-order valence-electron chi connectivity index (χ3n) is 3.77. The fraction of sp³-hybridized carbons (Fsp3) is 0.118. The number of rotatable bonds is 6. The van der Waals surface area contributed by atoms with Gasteiger partial charge in [0, 0.05) is 17.0 Å². The molecule has 1 atom stereocenters. The molecule has 3 aromatic rings. The van der Waals surface area contributed by atoms with E-state index in [-0.39, 0.29) is 28.6 Å². The predicted octanol–water partition coefficient (Wildman–Crippen LogP) is 3.57. The highest BCUT2D eigenvalue weighted by atomic mass is 35.5. The molecule has 0 radical (unpaired) electrons. The van der Waals surface area contributed by atoms with Crippen molar-refractivity contribution in [3.05, 3.63) is 85.4 Å². The Labute approximate surface area is 157 Å². The highest BCUT2D eigenvalue weighted by Gasteiger charge is 2.36. The van der Waals surface area contributed by atoms with Crippen LogP contribution in [0, 0.1) is 10.1 Å². The van der Waals surface area contributed by atoms with E-state index in [0.29, 0.717) is 4.88 Å². The molecule has 0 aliphatic rings. The van der Waals surface area contributed by atoms with Gasteiger partial charge in [0.15, 0.2) is 5.60 Å². The number of benzene rings is 1. The Morgan fingerprint density at radius 1 is 1.35 bits per heavy atom. The van der Waals surface area contributed by atoms with Gasteiger partial charge in [-0.3, -0.25) is 14.9 Å². The van der Waals surface area contributed by atoms with E-state index in [2.05, 4.69) is 5.32 Å². The lowest BCUT2D eigenvalue weighted by Gasteiger charge is -2.25. The molecule has 0 aliphatic heterocycles. The van der Waals surface area contributed by atoms with E-state index in [9.17, 15) is 20.0 Å². The van der Waals surface area contributed by atoms with Crippen molar-refractivity contribution in [3.63, 3.8) is 0 Å². The molecule has 1 amide bonds. The molecule has 1 unspecified atom stereocenters. The Morgan fingerprint density at radius 2 is 2.15 bits per heavy atom. The summed E-state index contributed by atoms with van der Waals surface area (Å²) in [7, 11) is 0. The Bertz CT molecular complexity index is 891. The molecule has 0 bridgehead atoms. The van der Waals surface area contributed by atoms with Gasteiger partial charge in [-0.15, -0.1) is 11.3 Å². The number of aliphatic hydroxyl groups is 1. The lowest BCUT2D eigenvalue weighted by atomic mass is 9.98. The zero-order valence-corrected chi connectivity index (χ0v) is 14.8. The van der Waals surface area contributed by atoms with Gasteiger partial charge >= 0.3 is 0 Å². The fourth-order valence-corrected chi connectivity index (χ4v) is 3.46. The van der Waals surface area contributed by atoms with Crippen molar-refractivity contribution in [3.8, 4) is 0 Å². The number of thiophene rings is 1. The summed E-state index contributed by atoms with van der Waals surface area (Å²) < 4.78 is 5.32. The molecule has 2 heterocycles. The molecule has 26 heavy (non-hydrogen) atoms. The molecule has 2 aromatic heterocycles. The number of hydrogen-bond donors (Lipinski definition) is 2. The van der Waals surface area contributed by atoms with Crippen molar-refractivity contribution >= 4 is 34.5 Å². The van der Waals surface area contributed by atoms with Crippen molar-refractivity contribution in [2.24, 2.45) is 0 Å². The molecule has 0 saturated carbocycles. The average molecular weight is 393 g/mol. The van der Waals surface area contributed by atoms with Crippen LogP contribution in [0.5, 0.6) is 0 Å². The Balaban J connectivity index is 1.85. The summed E-state index contributed by atoms with van der Waals surface area (Å²) >= 11 is 7.29. The summed E-state index contributed by atoms with van der Waals surface area (Å²) in [5.41, 5.74) is -1.87. The molecule has 0 saturated heterocycles. The number of carbonyl (C=O) groups excluding carboxylic acids is 1.